The highest BCUT2D eigenvalue weighted by atomic mass is 35.6. The van der Waals surface area contributed by atoms with Crippen LogP contribution in [0.5, 0.6) is 0 Å². The number of carbonyl (C=O) groups excluding carboxylic acids is 1. The highest BCUT2D eigenvalue weighted by Gasteiger charge is 2.25. The Balaban J connectivity index is 4.12. The van der Waals surface area contributed by atoms with Crippen LogP contribution >= 0.6 is 34.8 Å². The molecule has 0 fully saturated rings. The second kappa shape index (κ2) is 5.70. The molecule has 3 nitrogen and oxygen atoms in total. The Kier molecular flexibility index (Phi) is 5.72. The lowest BCUT2D eigenvalue weighted by Crippen LogP contribution is -2.16. The van der Waals surface area contributed by atoms with E-state index in [1.807, 2.05) is 0 Å². The molecule has 0 unspecified atom stereocenters. The number of aliphatic hydroxyl groups excluding tert-OH is 1. The maximum atomic E-state index is 11.0. The van der Waals surface area contributed by atoms with Gasteiger partial charge < -0.3 is 9.84 Å². The third-order valence-corrected chi connectivity index (χ3v) is 1.34. The molecule has 0 heterocycles. The molecule has 0 bridgehead atoms. The van der Waals surface area contributed by atoms with Crippen molar-refractivity contribution < 1.29 is 14.6 Å². The number of aliphatic hydroxyl groups is 1. The summed E-state index contributed by atoms with van der Waals surface area (Å²) >= 11 is 15.7. The van der Waals surface area contributed by atoms with Crippen molar-refractivity contribution >= 4 is 40.8 Å². The van der Waals surface area contributed by atoms with E-state index in [9.17, 15) is 4.79 Å². The van der Waals surface area contributed by atoms with Gasteiger partial charge in [0.05, 0.1) is 0 Å². The normalized spacial score (nSPS) is 12.8. The summed E-state index contributed by atoms with van der Waals surface area (Å²) in [6.45, 7) is 1.47. The van der Waals surface area contributed by atoms with Gasteiger partial charge in [0.2, 0.25) is 0 Å². The molecule has 0 saturated carbocycles. The number of esters is 1. The molecule has 0 saturated heterocycles. The molecule has 0 aliphatic heterocycles. The number of halogens is 3. The van der Waals surface area contributed by atoms with Crippen molar-refractivity contribution in [2.45, 2.75) is 17.3 Å². The molecule has 6 heteroatoms. The molecule has 0 spiro atoms. The zero-order valence-corrected chi connectivity index (χ0v) is 9.16. The van der Waals surface area contributed by atoms with Crippen LogP contribution in [0.4, 0.5) is 0 Å². The summed E-state index contributed by atoms with van der Waals surface area (Å²) in [6, 6.07) is 0. The van der Waals surface area contributed by atoms with Crippen molar-refractivity contribution in [1.29, 1.82) is 0 Å². The van der Waals surface area contributed by atoms with E-state index in [1.165, 1.54) is 13.0 Å². The molecule has 0 atom stereocenters. The van der Waals surface area contributed by atoms with E-state index in [1.54, 1.807) is 0 Å². The second-order valence-corrected chi connectivity index (χ2v) is 4.41. The monoisotopic (exact) mass is 246 g/mol. The van der Waals surface area contributed by atoms with E-state index in [0.717, 1.165) is 0 Å². The quantitative estimate of drug-likeness (QED) is 0.472. The Morgan fingerprint density at radius 3 is 2.46 bits per heavy atom. The van der Waals surface area contributed by atoms with Gasteiger partial charge in [-0.25, -0.2) is 4.79 Å². The van der Waals surface area contributed by atoms with Crippen molar-refractivity contribution in [3.63, 3.8) is 0 Å². The first-order chi connectivity index (χ1) is 5.87. The summed E-state index contributed by atoms with van der Waals surface area (Å²) in [5.41, 5.74) is 0.292. The Hall–Kier alpha value is 0.0400. The van der Waals surface area contributed by atoms with Crippen LogP contribution in [0.15, 0.2) is 11.6 Å². The molecule has 1 N–H and O–H groups in total. The van der Waals surface area contributed by atoms with Gasteiger partial charge in [-0.2, -0.15) is 0 Å². The van der Waals surface area contributed by atoms with Crippen LogP contribution in [-0.2, 0) is 9.53 Å². The van der Waals surface area contributed by atoms with Gasteiger partial charge in [0.25, 0.3) is 0 Å². The molecular weight excluding hydrogens is 238 g/mol. The molecule has 0 aliphatic carbocycles. The van der Waals surface area contributed by atoms with Crippen molar-refractivity contribution in [3.05, 3.63) is 11.6 Å². The molecule has 0 aromatic carbocycles. The lowest BCUT2D eigenvalue weighted by molar-refractivity contribution is -0.139. The standard InChI is InChI=1S/C7H9Cl3O3/c1-5(3-2-4-11)6(12)13-7(8,9)10/h3,11H,2,4H2,1H3. The van der Waals surface area contributed by atoms with Crippen LogP contribution in [0.2, 0.25) is 0 Å². The molecular formula is C7H9Cl3O3. The van der Waals surface area contributed by atoms with Gasteiger partial charge in [0.1, 0.15) is 0 Å². The number of rotatable bonds is 3. The molecule has 0 aliphatic rings. The summed E-state index contributed by atoms with van der Waals surface area (Å²) in [5.74, 6) is -0.714. The van der Waals surface area contributed by atoms with E-state index in [4.69, 9.17) is 39.9 Å². The minimum Gasteiger partial charge on any atom is -0.411 e. The molecule has 13 heavy (non-hydrogen) atoms. The third kappa shape index (κ3) is 7.14. The van der Waals surface area contributed by atoms with Gasteiger partial charge in [-0.3, -0.25) is 0 Å². The molecule has 0 amide bonds. The predicted molar refractivity (Wildman–Crippen MR) is 51.8 cm³/mol. The van der Waals surface area contributed by atoms with E-state index in [-0.39, 0.29) is 6.61 Å². The van der Waals surface area contributed by atoms with E-state index in [2.05, 4.69) is 4.74 Å². The van der Waals surface area contributed by atoms with Gasteiger partial charge in [-0.1, -0.05) is 6.08 Å². The maximum absolute atomic E-state index is 11.0. The smallest absolute Gasteiger partial charge is 0.341 e. The minimum absolute atomic E-state index is 0.0433. The fraction of sp³-hybridized carbons (Fsp3) is 0.571. The van der Waals surface area contributed by atoms with Crippen molar-refractivity contribution in [2.75, 3.05) is 6.61 Å². The predicted octanol–water partition coefficient (Wildman–Crippen LogP) is 2.19. The topological polar surface area (TPSA) is 46.5 Å². The van der Waals surface area contributed by atoms with Crippen LogP contribution in [0, 0.1) is 0 Å². The largest absolute Gasteiger partial charge is 0.411 e. The van der Waals surface area contributed by atoms with E-state index >= 15 is 0 Å². The summed E-state index contributed by atoms with van der Waals surface area (Å²) in [6.07, 6.45) is 1.86. The minimum atomic E-state index is -2.04. The Labute approximate surface area is 91.2 Å². The lowest BCUT2D eigenvalue weighted by Gasteiger charge is -2.11. The third-order valence-electron chi connectivity index (χ3n) is 1.11. The van der Waals surface area contributed by atoms with Gasteiger partial charge in [-0.05, 0) is 48.1 Å². The van der Waals surface area contributed by atoms with Crippen molar-refractivity contribution in [3.8, 4) is 0 Å². The molecule has 0 aromatic heterocycles. The van der Waals surface area contributed by atoms with Crippen molar-refractivity contribution in [1.82, 2.24) is 0 Å². The first-order valence-corrected chi connectivity index (χ1v) is 4.58. The van der Waals surface area contributed by atoms with Gasteiger partial charge in [0.15, 0.2) is 0 Å². The summed E-state index contributed by atoms with van der Waals surface area (Å²) < 4.78 is 2.37. The van der Waals surface area contributed by atoms with Crippen LogP contribution in [0.25, 0.3) is 0 Å². The van der Waals surface area contributed by atoms with Gasteiger partial charge in [0, 0.05) is 12.2 Å². The van der Waals surface area contributed by atoms with Crippen LogP contribution in [0.3, 0.4) is 0 Å². The van der Waals surface area contributed by atoms with Crippen LogP contribution < -0.4 is 0 Å². The SMILES string of the molecule is CC(=CCCO)C(=O)OC(Cl)(Cl)Cl. The van der Waals surface area contributed by atoms with Gasteiger partial charge >= 0.3 is 9.95 Å². The first kappa shape index (κ1) is 13.0. The fourth-order valence-electron chi connectivity index (χ4n) is 0.550. The van der Waals surface area contributed by atoms with Gasteiger partial charge in [-0.15, -0.1) is 0 Å². The zero-order chi connectivity index (χ0) is 10.5. The number of hydrogen-bond acceptors (Lipinski definition) is 3. The highest BCUT2D eigenvalue weighted by molar-refractivity contribution is 6.66. The molecule has 0 rings (SSSR count). The number of hydrogen-bond donors (Lipinski definition) is 1. The first-order valence-electron chi connectivity index (χ1n) is 3.44. The van der Waals surface area contributed by atoms with Crippen molar-refractivity contribution in [2.24, 2.45) is 0 Å². The second-order valence-electron chi connectivity index (χ2n) is 2.23. The maximum Gasteiger partial charge on any atom is 0.341 e. The highest BCUT2D eigenvalue weighted by Crippen LogP contribution is 2.28. The van der Waals surface area contributed by atoms with Crippen LogP contribution in [0.1, 0.15) is 13.3 Å². The Morgan fingerprint density at radius 2 is 2.08 bits per heavy atom. The molecule has 0 radical (unpaired) electrons. The average Bonchev–Trinajstić information content (AvgIpc) is 1.96. The van der Waals surface area contributed by atoms with E-state index < -0.39 is 9.95 Å². The molecule has 76 valence electrons. The summed E-state index contributed by atoms with van der Waals surface area (Å²) in [5, 5.41) is 8.45. The number of ether oxygens (including phenoxy) is 1. The summed E-state index contributed by atoms with van der Waals surface area (Å²) in [4.78, 5) is 11.0. The summed E-state index contributed by atoms with van der Waals surface area (Å²) in [7, 11) is 0. The Bertz CT molecular complexity index is 208. The number of alkyl halides is 3. The molecule has 0 aromatic rings. The Morgan fingerprint density at radius 1 is 1.54 bits per heavy atom. The lowest BCUT2D eigenvalue weighted by atomic mass is 10.2. The fourth-order valence-corrected chi connectivity index (χ4v) is 0.760. The zero-order valence-electron chi connectivity index (χ0n) is 6.89. The average molecular weight is 248 g/mol. The number of carbonyl (C=O) groups is 1. The van der Waals surface area contributed by atoms with E-state index in [0.29, 0.717) is 12.0 Å². The van der Waals surface area contributed by atoms with Crippen LogP contribution in [-0.4, -0.2) is 21.7 Å².